The number of rotatable bonds is 3. The number of nitrogens with zero attached hydrogens (tertiary/aromatic N) is 2. The smallest absolute Gasteiger partial charge is 0.162 e. The maximum absolute atomic E-state index is 5.36. The van der Waals surface area contributed by atoms with Crippen molar-refractivity contribution in [3.63, 3.8) is 0 Å². The van der Waals surface area contributed by atoms with Gasteiger partial charge in [-0.25, -0.2) is 9.97 Å². The number of aromatic amines is 2. The Hall–Kier alpha value is -1.46. The molecular formula is C35H27N5OS18. The van der Waals surface area contributed by atoms with Crippen molar-refractivity contribution in [1.82, 2.24) is 19.9 Å². The van der Waals surface area contributed by atoms with Gasteiger partial charge in [-0.1, -0.05) is 66.7 Å². The Kier molecular flexibility index (Phi) is 26.9. The lowest BCUT2D eigenvalue weighted by Crippen LogP contribution is -1.79. The monoisotopic (exact) mass is 1110 g/mol. The van der Waals surface area contributed by atoms with Crippen LogP contribution in [0.3, 0.4) is 0 Å². The van der Waals surface area contributed by atoms with Crippen molar-refractivity contribution in [2.75, 3.05) is 5.73 Å². The van der Waals surface area contributed by atoms with Crippen molar-refractivity contribution in [1.29, 1.82) is 0 Å². The summed E-state index contributed by atoms with van der Waals surface area (Å²) < 4.78 is 10.7. The Morgan fingerprint density at radius 1 is 0.492 bits per heavy atom. The molecule has 0 amide bonds. The topological polar surface area (TPSA) is 115 Å². The van der Waals surface area contributed by atoms with Crippen LogP contribution in [0.2, 0.25) is 0 Å². The molecule has 59 heavy (non-hydrogen) atoms. The van der Waals surface area contributed by atoms with E-state index in [0.29, 0.717) is 0 Å². The molecule has 0 bridgehead atoms. The predicted molar refractivity (Wildman–Crippen MR) is 299 cm³/mol. The minimum absolute atomic E-state index is 0. The number of hydrogen-bond acceptors (Lipinski definition) is 15. The Labute approximate surface area is 411 Å². The fraction of sp³-hybridized carbons (Fsp3) is 0. The number of thiazole rings is 4. The first kappa shape index (κ1) is 51.9. The van der Waals surface area contributed by atoms with Crippen LogP contribution in [-0.2, 0) is 75.7 Å². The molecule has 0 saturated heterocycles. The third-order valence-corrected chi connectivity index (χ3v) is 24.9. The molecule has 9 rings (SSSR count). The summed E-state index contributed by atoms with van der Waals surface area (Å²) in [6.45, 7) is 0. The number of nitrogen functional groups attached to an aromatic ring is 1. The zero-order valence-electron chi connectivity index (χ0n) is 29.4. The second-order valence-corrected chi connectivity index (χ2v) is 29.4. The zero-order chi connectivity index (χ0) is 41.4. The van der Waals surface area contributed by atoms with E-state index < -0.39 is 0 Å². The van der Waals surface area contributed by atoms with Gasteiger partial charge in [0.25, 0.3) is 0 Å². The van der Waals surface area contributed by atoms with Crippen LogP contribution in [0.5, 0.6) is 0 Å². The molecule has 306 valence electrons. The number of anilines is 1. The van der Waals surface area contributed by atoms with E-state index in [1.807, 2.05) is 83.2 Å². The summed E-state index contributed by atoms with van der Waals surface area (Å²) in [4.78, 5) is 15.4. The molecule has 6 N–H and O–H groups in total. The van der Waals surface area contributed by atoms with Gasteiger partial charge in [0.15, 0.2) is 16.6 Å². The summed E-state index contributed by atoms with van der Waals surface area (Å²) in [6.07, 6.45) is 0. The lowest BCUT2D eigenvalue weighted by atomic mass is 10.3. The van der Waals surface area contributed by atoms with Gasteiger partial charge in [0.1, 0.15) is 0 Å². The van der Waals surface area contributed by atoms with Gasteiger partial charge in [-0.15, -0.1) is 45.3 Å². The Morgan fingerprint density at radius 3 is 1.19 bits per heavy atom. The summed E-state index contributed by atoms with van der Waals surface area (Å²) in [6, 6.07) is 42.2. The minimum Gasteiger partial charge on any atom is -0.412 e. The Bertz CT molecular complexity index is 2770. The van der Waals surface area contributed by atoms with E-state index in [-0.39, 0.29) is 5.48 Å². The largest absolute Gasteiger partial charge is 0.412 e. The van der Waals surface area contributed by atoms with E-state index in [2.05, 4.69) is 115 Å². The van der Waals surface area contributed by atoms with Gasteiger partial charge in [-0.2, -0.15) is 0 Å². The molecular weight excluding hydrogens is 1080 g/mol. The van der Waals surface area contributed by atoms with Crippen LogP contribution in [0.1, 0.15) is 0 Å². The van der Waals surface area contributed by atoms with E-state index >= 15 is 0 Å². The number of nitrogens with two attached hydrogens (primary N) is 1. The molecule has 9 aromatic rings. The maximum atomic E-state index is 5.36. The van der Waals surface area contributed by atoms with Crippen molar-refractivity contribution in [3.8, 4) is 0 Å². The Balaban J connectivity index is 0.000000205. The third-order valence-electron chi connectivity index (χ3n) is 6.32. The predicted octanol–water partition coefficient (Wildman–Crippen LogP) is 13.1. The van der Waals surface area contributed by atoms with Crippen LogP contribution >= 0.6 is 116 Å². The van der Waals surface area contributed by atoms with Gasteiger partial charge in [0.05, 0.1) is 40.9 Å². The molecule has 0 spiro atoms. The van der Waals surface area contributed by atoms with Crippen LogP contribution in [-0.4, -0.2) is 29.7 Å². The first-order valence-corrected chi connectivity index (χ1v) is 32.0. The van der Waals surface area contributed by atoms with Crippen LogP contribution in [0.4, 0.5) is 5.69 Å². The van der Waals surface area contributed by atoms with Gasteiger partial charge < -0.3 is 21.2 Å². The molecule has 0 aliphatic heterocycles. The van der Waals surface area contributed by atoms with Crippen molar-refractivity contribution >= 4 is 242 Å². The molecule has 0 aliphatic rings. The molecule has 0 saturated carbocycles. The number of hydrogen-bond donors (Lipinski definition) is 3. The number of nitrogens with one attached hydrogen (secondary N) is 2. The lowest BCUT2D eigenvalue weighted by molar-refractivity contribution is 0.824. The average Bonchev–Trinajstić information content (AvgIpc) is 4.03. The summed E-state index contributed by atoms with van der Waals surface area (Å²) in [5.74, 6) is 0. The fourth-order valence-corrected chi connectivity index (χ4v) is 21.8. The molecule has 4 heterocycles. The summed E-state index contributed by atoms with van der Waals surface area (Å²) in [5, 5.41) is 0. The van der Waals surface area contributed by atoms with Crippen LogP contribution in [0.25, 0.3) is 40.9 Å². The third kappa shape index (κ3) is 19.6. The Morgan fingerprint density at radius 2 is 0.847 bits per heavy atom. The summed E-state index contributed by atoms with van der Waals surface area (Å²) in [7, 11) is 12.5. The molecule has 0 fully saturated rings. The molecule has 24 heteroatoms. The van der Waals surface area contributed by atoms with Crippen LogP contribution < -0.4 is 5.73 Å². The van der Waals surface area contributed by atoms with Crippen LogP contribution in [0, 0.1) is 7.91 Å². The minimum atomic E-state index is 0. The SMILES string of the molecule is Nc1ccccc1.O.S=C=S.S=S=S=S=S=S=S=S.S=c1[nH]c2ccccc2s1.S=c1[nH]c2ccccc2s1.c1ccc2sc(SSc3nc4ccccc4s3)nc2c1. The molecule has 0 unspecified atom stereocenters. The number of H-pyrrole nitrogens is 2. The molecule has 0 radical (unpaired) electrons. The van der Waals surface area contributed by atoms with E-state index in [4.69, 9.17) is 30.2 Å². The first-order valence-electron chi connectivity index (χ1n) is 15.6. The normalized spacial score (nSPS) is 9.42. The fourth-order valence-electron chi connectivity index (χ4n) is 4.13. The van der Waals surface area contributed by atoms with E-state index in [0.717, 1.165) is 44.3 Å². The first-order chi connectivity index (χ1) is 28.3. The molecule has 0 aliphatic carbocycles. The number of fused-ring (bicyclic) bond motifs is 4. The second-order valence-electron chi connectivity index (χ2n) is 9.99. The molecule has 0 atom stereocenters. The highest BCUT2D eigenvalue weighted by Gasteiger charge is 2.08. The zero-order valence-corrected chi connectivity index (χ0v) is 44.1. The average molecular weight is 1110 g/mol. The highest BCUT2D eigenvalue weighted by Crippen LogP contribution is 2.43. The quantitative estimate of drug-likeness (QED) is 0.0892. The van der Waals surface area contributed by atoms with Gasteiger partial charge >= 0.3 is 0 Å². The lowest BCUT2D eigenvalue weighted by Gasteiger charge is -1.90. The molecule has 6 nitrogen and oxygen atoms in total. The summed E-state index contributed by atoms with van der Waals surface area (Å²) >= 11 is 33.8. The van der Waals surface area contributed by atoms with Crippen molar-refractivity contribution in [3.05, 3.63) is 135 Å². The number of para-hydroxylation sites is 5. The van der Waals surface area contributed by atoms with Crippen molar-refractivity contribution in [2.45, 2.75) is 8.68 Å². The van der Waals surface area contributed by atoms with Gasteiger partial charge in [0.2, 0.25) is 0 Å². The van der Waals surface area contributed by atoms with Gasteiger partial charge in [-0.3, -0.25) is 0 Å². The van der Waals surface area contributed by atoms with Gasteiger partial charge in [0, 0.05) is 85.7 Å². The number of benzene rings is 5. The second kappa shape index (κ2) is 30.6. The number of thiocarbonyl (C=S) groups is 2. The molecule has 5 aromatic carbocycles. The highest BCUT2D eigenvalue weighted by atomic mass is 33.4. The highest BCUT2D eigenvalue weighted by molar-refractivity contribution is 8.77. The van der Waals surface area contributed by atoms with Crippen molar-refractivity contribution < 1.29 is 5.48 Å². The standard InChI is InChI=1S/C14H8N2S4.2C7H5NS2.C6H7N.CS2.H2O.S8/c1-3-7-11-9(5-1)15-13(17-11)19-20-14-16-10-6-2-4-8-12(10)18-14;2*9-7-8-5-3-1-2-4-6(5)10-7;7-6-4-2-1-3-5-6;2-1-3;;1-3-5-7-8-6-4-2/h1-8H;2*1-4H,(H,8,9);1-5H,7H2;;1H2;. The van der Waals surface area contributed by atoms with E-state index in [1.54, 1.807) is 102 Å². The number of aromatic nitrogens is 4. The summed E-state index contributed by atoms with van der Waals surface area (Å²) in [5.41, 5.74) is 10.6. The van der Waals surface area contributed by atoms with E-state index in [9.17, 15) is 0 Å². The molecule has 4 aromatic heterocycles. The van der Waals surface area contributed by atoms with Gasteiger partial charge in [-0.05, 0) is 131 Å². The van der Waals surface area contributed by atoms with Crippen LogP contribution in [0.15, 0.2) is 136 Å². The maximum Gasteiger partial charge on any atom is 0.162 e. The van der Waals surface area contributed by atoms with Crippen molar-refractivity contribution in [2.24, 2.45) is 0 Å². The van der Waals surface area contributed by atoms with E-state index in [1.165, 1.54) is 36.6 Å².